The van der Waals surface area contributed by atoms with E-state index >= 15 is 0 Å². The fourth-order valence-corrected chi connectivity index (χ4v) is 3.58. The first-order valence-electron chi connectivity index (χ1n) is 9.46. The maximum atomic E-state index is 12.8. The second kappa shape index (κ2) is 8.52. The molecule has 0 spiro atoms. The molecule has 1 fully saturated rings. The maximum absolute atomic E-state index is 12.8. The number of nitrogens with one attached hydrogen (secondary N) is 2. The number of rotatable bonds is 6. The topological polar surface area (TPSA) is 47.7 Å². The predicted molar refractivity (Wildman–Crippen MR) is 103 cm³/mol. The number of hydrogen-bond donors (Lipinski definition) is 2. The van der Waals surface area contributed by atoms with Gasteiger partial charge in [0, 0.05) is 12.2 Å². The molecule has 26 heavy (non-hydrogen) atoms. The second-order valence-corrected chi connectivity index (χ2v) is 7.26. The van der Waals surface area contributed by atoms with Gasteiger partial charge in [0.25, 0.3) is 5.91 Å². The number of carbonyl (C=O) groups is 1. The number of nitrogens with zero attached hydrogens (tertiary/aromatic N) is 1. The molecular formula is C21H30N3O2+. The SMILES string of the molecule is Cc1ccc(Cn2c(C)cc(C)c2C(=O)NCC[NH+]2CCOCC2)cc1. The zero-order valence-corrected chi connectivity index (χ0v) is 16.1. The van der Waals surface area contributed by atoms with Crippen molar-refractivity contribution in [3.8, 4) is 0 Å². The van der Waals surface area contributed by atoms with Crippen molar-refractivity contribution in [1.29, 1.82) is 0 Å². The number of quaternary nitrogens is 1. The predicted octanol–water partition coefficient (Wildman–Crippen LogP) is 1.11. The van der Waals surface area contributed by atoms with E-state index in [1.54, 1.807) is 0 Å². The van der Waals surface area contributed by atoms with Gasteiger partial charge in [-0.05, 0) is 38.0 Å². The fraction of sp³-hybridized carbons (Fsp3) is 0.476. The van der Waals surface area contributed by atoms with Gasteiger partial charge in [0.05, 0.1) is 26.3 Å². The number of carbonyl (C=O) groups excluding carboxylic acids is 1. The number of aromatic nitrogens is 1. The quantitative estimate of drug-likeness (QED) is 0.815. The van der Waals surface area contributed by atoms with E-state index < -0.39 is 0 Å². The third-order valence-corrected chi connectivity index (χ3v) is 5.13. The summed E-state index contributed by atoms with van der Waals surface area (Å²) in [5.74, 6) is 0.0235. The van der Waals surface area contributed by atoms with Gasteiger partial charge in [0.1, 0.15) is 18.8 Å². The maximum Gasteiger partial charge on any atom is 0.268 e. The molecule has 2 aromatic rings. The van der Waals surface area contributed by atoms with Crippen LogP contribution in [0.4, 0.5) is 0 Å². The van der Waals surface area contributed by atoms with Crippen LogP contribution in [-0.4, -0.2) is 49.9 Å². The molecule has 0 aliphatic carbocycles. The highest BCUT2D eigenvalue weighted by atomic mass is 16.5. The van der Waals surface area contributed by atoms with Gasteiger partial charge in [-0.25, -0.2) is 0 Å². The Bertz CT molecular complexity index is 743. The normalized spacial score (nSPS) is 15.2. The van der Waals surface area contributed by atoms with Crippen LogP contribution in [0.25, 0.3) is 0 Å². The van der Waals surface area contributed by atoms with E-state index in [1.807, 2.05) is 6.92 Å². The Hall–Kier alpha value is -2.11. The highest BCUT2D eigenvalue weighted by Gasteiger charge is 2.19. The minimum absolute atomic E-state index is 0.0235. The van der Waals surface area contributed by atoms with E-state index in [4.69, 9.17) is 4.74 Å². The fourth-order valence-electron chi connectivity index (χ4n) is 3.58. The number of hydrogen-bond acceptors (Lipinski definition) is 2. The van der Waals surface area contributed by atoms with Crippen LogP contribution in [0.3, 0.4) is 0 Å². The molecule has 0 unspecified atom stereocenters. The summed E-state index contributed by atoms with van der Waals surface area (Å²) < 4.78 is 7.51. The molecule has 0 radical (unpaired) electrons. The van der Waals surface area contributed by atoms with E-state index in [1.165, 1.54) is 16.0 Å². The van der Waals surface area contributed by atoms with Crippen molar-refractivity contribution in [1.82, 2.24) is 9.88 Å². The van der Waals surface area contributed by atoms with Crippen molar-refractivity contribution in [3.63, 3.8) is 0 Å². The van der Waals surface area contributed by atoms with Crippen LogP contribution in [-0.2, 0) is 11.3 Å². The Morgan fingerprint density at radius 3 is 2.54 bits per heavy atom. The summed E-state index contributed by atoms with van der Waals surface area (Å²) in [5, 5.41) is 3.11. The zero-order chi connectivity index (χ0) is 18.5. The van der Waals surface area contributed by atoms with Crippen LogP contribution in [0, 0.1) is 20.8 Å². The molecule has 1 amide bonds. The first kappa shape index (κ1) is 18.7. The van der Waals surface area contributed by atoms with Crippen LogP contribution in [0.2, 0.25) is 0 Å². The molecule has 0 saturated carbocycles. The number of amides is 1. The molecule has 140 valence electrons. The molecule has 0 atom stereocenters. The summed E-state index contributed by atoms with van der Waals surface area (Å²) >= 11 is 0. The van der Waals surface area contributed by atoms with Crippen LogP contribution in [0.5, 0.6) is 0 Å². The smallest absolute Gasteiger partial charge is 0.268 e. The van der Waals surface area contributed by atoms with Gasteiger partial charge in [-0.1, -0.05) is 29.8 Å². The third kappa shape index (κ3) is 4.54. The van der Waals surface area contributed by atoms with Crippen molar-refractivity contribution >= 4 is 5.91 Å². The summed E-state index contributed by atoms with van der Waals surface area (Å²) in [6.07, 6.45) is 0. The van der Waals surface area contributed by atoms with Crippen molar-refractivity contribution in [3.05, 3.63) is 58.4 Å². The first-order valence-corrected chi connectivity index (χ1v) is 9.46. The van der Waals surface area contributed by atoms with Gasteiger partial charge in [-0.15, -0.1) is 0 Å². The average molecular weight is 356 g/mol. The Labute approximate surface area is 156 Å². The van der Waals surface area contributed by atoms with E-state index in [9.17, 15) is 4.79 Å². The lowest BCUT2D eigenvalue weighted by Crippen LogP contribution is -3.14. The van der Waals surface area contributed by atoms with Gasteiger partial charge >= 0.3 is 0 Å². The van der Waals surface area contributed by atoms with E-state index in [0.29, 0.717) is 6.54 Å². The second-order valence-electron chi connectivity index (χ2n) is 7.26. The molecule has 5 nitrogen and oxygen atoms in total. The van der Waals surface area contributed by atoms with Gasteiger partial charge in [0.15, 0.2) is 0 Å². The van der Waals surface area contributed by atoms with Gasteiger partial charge in [-0.3, -0.25) is 4.79 Å². The summed E-state index contributed by atoms with van der Waals surface area (Å²) in [7, 11) is 0. The van der Waals surface area contributed by atoms with Gasteiger partial charge in [-0.2, -0.15) is 0 Å². The minimum atomic E-state index is 0.0235. The van der Waals surface area contributed by atoms with Crippen molar-refractivity contribution in [2.75, 3.05) is 39.4 Å². The standard InChI is InChI=1S/C21H29N3O2/c1-16-4-6-19(7-5-16)15-24-18(3)14-17(2)20(24)21(25)22-8-9-23-10-12-26-13-11-23/h4-7,14H,8-13,15H2,1-3H3,(H,22,25)/p+1. The lowest BCUT2D eigenvalue weighted by Gasteiger charge is -2.23. The Morgan fingerprint density at radius 1 is 1.15 bits per heavy atom. The molecule has 1 aliphatic rings. The summed E-state index contributed by atoms with van der Waals surface area (Å²) in [4.78, 5) is 14.3. The zero-order valence-electron chi connectivity index (χ0n) is 16.1. The highest BCUT2D eigenvalue weighted by Crippen LogP contribution is 2.17. The lowest BCUT2D eigenvalue weighted by molar-refractivity contribution is -0.906. The molecule has 2 N–H and O–H groups in total. The van der Waals surface area contributed by atoms with Crippen LogP contribution < -0.4 is 10.2 Å². The third-order valence-electron chi connectivity index (χ3n) is 5.13. The van der Waals surface area contributed by atoms with E-state index in [2.05, 4.69) is 54.1 Å². The summed E-state index contributed by atoms with van der Waals surface area (Å²) in [6, 6.07) is 10.6. The van der Waals surface area contributed by atoms with Crippen molar-refractivity contribution in [2.24, 2.45) is 0 Å². The van der Waals surface area contributed by atoms with Crippen molar-refractivity contribution < 1.29 is 14.4 Å². The lowest BCUT2D eigenvalue weighted by atomic mass is 10.1. The number of aryl methyl sites for hydroxylation is 3. The van der Waals surface area contributed by atoms with E-state index in [-0.39, 0.29) is 5.91 Å². The summed E-state index contributed by atoms with van der Waals surface area (Å²) in [5.41, 5.74) is 5.39. The van der Waals surface area contributed by atoms with Crippen LogP contribution in [0.1, 0.15) is 32.9 Å². The van der Waals surface area contributed by atoms with Crippen LogP contribution in [0.15, 0.2) is 30.3 Å². The number of benzene rings is 1. The average Bonchev–Trinajstić information content (AvgIpc) is 2.91. The Morgan fingerprint density at radius 2 is 1.85 bits per heavy atom. The van der Waals surface area contributed by atoms with E-state index in [0.717, 1.165) is 56.3 Å². The number of ether oxygens (including phenoxy) is 1. The first-order chi connectivity index (χ1) is 12.5. The molecular weight excluding hydrogens is 326 g/mol. The van der Waals surface area contributed by atoms with Gasteiger partial charge in [0.2, 0.25) is 0 Å². The molecule has 2 heterocycles. The largest absolute Gasteiger partial charge is 0.370 e. The highest BCUT2D eigenvalue weighted by molar-refractivity contribution is 5.94. The van der Waals surface area contributed by atoms with Gasteiger partial charge < -0.3 is 19.5 Å². The summed E-state index contributed by atoms with van der Waals surface area (Å²) in [6.45, 7) is 12.2. The molecule has 0 bridgehead atoms. The van der Waals surface area contributed by atoms with Crippen LogP contribution >= 0.6 is 0 Å². The molecule has 1 aromatic heterocycles. The molecule has 3 rings (SSSR count). The monoisotopic (exact) mass is 356 g/mol. The molecule has 1 aromatic carbocycles. The minimum Gasteiger partial charge on any atom is -0.370 e. The van der Waals surface area contributed by atoms with Crippen molar-refractivity contribution in [2.45, 2.75) is 27.3 Å². The molecule has 1 saturated heterocycles. The Kier molecular flexibility index (Phi) is 6.12. The Balaban J connectivity index is 1.66. The number of morpholine rings is 1. The molecule has 5 heteroatoms. The molecule has 1 aliphatic heterocycles.